The highest BCUT2D eigenvalue weighted by Crippen LogP contribution is 2.44. The second kappa shape index (κ2) is 7.66. The van der Waals surface area contributed by atoms with Gasteiger partial charge < -0.3 is 14.3 Å². The third kappa shape index (κ3) is 3.33. The predicted molar refractivity (Wildman–Crippen MR) is 124 cm³/mol. The first kappa shape index (κ1) is 21.1. The molecule has 1 aromatic heterocycles. The zero-order valence-electron chi connectivity index (χ0n) is 19.0. The quantitative estimate of drug-likeness (QED) is 0.344. The third-order valence-corrected chi connectivity index (χ3v) is 6.48. The molecule has 0 spiro atoms. The van der Waals surface area contributed by atoms with Crippen molar-refractivity contribution >= 4 is 23.1 Å². The minimum Gasteiger partial charge on any atom is -0.507 e. The summed E-state index contributed by atoms with van der Waals surface area (Å²) >= 11 is 0. The molecule has 0 saturated carbocycles. The summed E-state index contributed by atoms with van der Waals surface area (Å²) < 4.78 is 11.6. The molecule has 6 heteroatoms. The number of aliphatic hydroxyl groups excluding tert-OH is 1. The summed E-state index contributed by atoms with van der Waals surface area (Å²) in [4.78, 5) is 28.0. The van der Waals surface area contributed by atoms with Crippen LogP contribution in [0, 0.1) is 20.8 Å². The van der Waals surface area contributed by atoms with Crippen LogP contribution in [0.25, 0.3) is 5.76 Å². The third-order valence-electron chi connectivity index (χ3n) is 6.48. The summed E-state index contributed by atoms with van der Waals surface area (Å²) in [6, 6.07) is 13.6. The molecule has 1 fully saturated rings. The van der Waals surface area contributed by atoms with Crippen molar-refractivity contribution in [2.45, 2.75) is 46.3 Å². The Hall–Kier alpha value is -3.80. The van der Waals surface area contributed by atoms with Gasteiger partial charge in [-0.1, -0.05) is 12.1 Å². The molecule has 2 aromatic carbocycles. The lowest BCUT2D eigenvalue weighted by Gasteiger charge is -2.25. The molecule has 33 heavy (non-hydrogen) atoms. The average molecular weight is 443 g/mol. The van der Waals surface area contributed by atoms with Crippen molar-refractivity contribution in [2.24, 2.45) is 0 Å². The van der Waals surface area contributed by atoms with E-state index in [2.05, 4.69) is 0 Å². The Labute approximate surface area is 192 Å². The SMILES string of the molecule is Cc1ccc(C2/C(=C(/O)c3ccc4c(c3)CC(C)O4)C(=O)C(=O)N2c2cccc(C)c2C)o1. The van der Waals surface area contributed by atoms with Crippen LogP contribution in [0.3, 0.4) is 0 Å². The lowest BCUT2D eigenvalue weighted by molar-refractivity contribution is -0.132. The number of carbonyl (C=O) groups excluding carboxylic acids is 2. The number of hydrogen-bond acceptors (Lipinski definition) is 5. The van der Waals surface area contributed by atoms with E-state index in [9.17, 15) is 14.7 Å². The molecule has 6 nitrogen and oxygen atoms in total. The first-order valence-corrected chi connectivity index (χ1v) is 11.0. The Kier molecular flexibility index (Phi) is 4.89. The van der Waals surface area contributed by atoms with Crippen molar-refractivity contribution in [1.29, 1.82) is 0 Å². The van der Waals surface area contributed by atoms with E-state index in [1.54, 1.807) is 31.2 Å². The Morgan fingerprint density at radius 3 is 2.58 bits per heavy atom. The molecule has 1 saturated heterocycles. The smallest absolute Gasteiger partial charge is 0.300 e. The molecule has 0 bridgehead atoms. The second-order valence-corrected chi connectivity index (χ2v) is 8.79. The van der Waals surface area contributed by atoms with Gasteiger partial charge in [-0.3, -0.25) is 14.5 Å². The highest BCUT2D eigenvalue weighted by atomic mass is 16.5. The van der Waals surface area contributed by atoms with Gasteiger partial charge in [-0.15, -0.1) is 0 Å². The van der Waals surface area contributed by atoms with Crippen molar-refractivity contribution in [3.05, 3.63) is 87.9 Å². The minimum atomic E-state index is -0.873. The van der Waals surface area contributed by atoms with Crippen LogP contribution in [0.15, 0.2) is 58.5 Å². The van der Waals surface area contributed by atoms with Crippen LogP contribution in [0.1, 0.15) is 46.7 Å². The van der Waals surface area contributed by atoms with Crippen LogP contribution in [-0.4, -0.2) is 22.9 Å². The number of amides is 1. The van der Waals surface area contributed by atoms with Gasteiger partial charge in [-0.25, -0.2) is 0 Å². The number of aryl methyl sites for hydroxylation is 2. The molecular formula is C27H25NO5. The van der Waals surface area contributed by atoms with Gasteiger partial charge in [0.25, 0.3) is 11.7 Å². The van der Waals surface area contributed by atoms with Crippen LogP contribution in [-0.2, 0) is 16.0 Å². The van der Waals surface area contributed by atoms with Gasteiger partial charge in [0.15, 0.2) is 0 Å². The number of nitrogens with zero attached hydrogens (tertiary/aromatic N) is 1. The molecule has 3 aromatic rings. The molecule has 3 heterocycles. The van der Waals surface area contributed by atoms with Crippen molar-refractivity contribution in [2.75, 3.05) is 4.90 Å². The van der Waals surface area contributed by atoms with E-state index in [4.69, 9.17) is 9.15 Å². The first-order valence-electron chi connectivity index (χ1n) is 11.0. The maximum absolute atomic E-state index is 13.3. The summed E-state index contributed by atoms with van der Waals surface area (Å²) in [5.41, 5.74) is 3.95. The Morgan fingerprint density at radius 2 is 1.85 bits per heavy atom. The lowest BCUT2D eigenvalue weighted by atomic mass is 9.97. The molecule has 1 N–H and O–H groups in total. The van der Waals surface area contributed by atoms with Gasteiger partial charge in [-0.2, -0.15) is 0 Å². The number of furan rings is 1. The van der Waals surface area contributed by atoms with E-state index in [-0.39, 0.29) is 17.4 Å². The number of ketones is 1. The molecule has 2 aliphatic heterocycles. The van der Waals surface area contributed by atoms with Crippen LogP contribution >= 0.6 is 0 Å². The zero-order valence-corrected chi connectivity index (χ0v) is 19.0. The summed E-state index contributed by atoms with van der Waals surface area (Å²) in [6.45, 7) is 7.65. The highest BCUT2D eigenvalue weighted by Gasteiger charge is 2.49. The van der Waals surface area contributed by atoms with E-state index in [1.165, 1.54) is 4.90 Å². The summed E-state index contributed by atoms with van der Waals surface area (Å²) in [6.07, 6.45) is 0.770. The first-order chi connectivity index (χ1) is 15.8. The molecule has 168 valence electrons. The van der Waals surface area contributed by atoms with Gasteiger partial charge in [0.05, 0.1) is 5.57 Å². The van der Waals surface area contributed by atoms with E-state index < -0.39 is 17.7 Å². The molecule has 2 aliphatic rings. The van der Waals surface area contributed by atoms with Gasteiger partial charge in [0.2, 0.25) is 0 Å². The Bertz CT molecular complexity index is 1330. The lowest BCUT2D eigenvalue weighted by Crippen LogP contribution is -2.30. The van der Waals surface area contributed by atoms with Crippen LogP contribution in [0.4, 0.5) is 5.69 Å². The Morgan fingerprint density at radius 1 is 1.06 bits per heavy atom. The number of fused-ring (bicyclic) bond motifs is 1. The van der Waals surface area contributed by atoms with Gasteiger partial charge in [0, 0.05) is 17.7 Å². The predicted octanol–water partition coefficient (Wildman–Crippen LogP) is 5.15. The summed E-state index contributed by atoms with van der Waals surface area (Å²) in [5, 5.41) is 11.3. The molecule has 2 atom stereocenters. The number of benzene rings is 2. The van der Waals surface area contributed by atoms with Crippen molar-refractivity contribution in [3.63, 3.8) is 0 Å². The van der Waals surface area contributed by atoms with Crippen LogP contribution in [0.2, 0.25) is 0 Å². The van der Waals surface area contributed by atoms with Gasteiger partial charge in [-0.05, 0) is 80.8 Å². The minimum absolute atomic E-state index is 0.0159. The van der Waals surface area contributed by atoms with Gasteiger partial charge in [0.1, 0.15) is 35.2 Å². The van der Waals surface area contributed by atoms with Crippen LogP contribution in [0.5, 0.6) is 5.75 Å². The summed E-state index contributed by atoms with van der Waals surface area (Å²) in [5.74, 6) is 0.197. The van der Waals surface area contributed by atoms with Crippen LogP contribution < -0.4 is 9.64 Å². The van der Waals surface area contributed by atoms with E-state index in [0.29, 0.717) is 29.2 Å². The monoisotopic (exact) mass is 443 g/mol. The molecule has 1 amide bonds. The molecule has 0 radical (unpaired) electrons. The number of ether oxygens (including phenoxy) is 1. The number of anilines is 1. The maximum Gasteiger partial charge on any atom is 0.300 e. The zero-order chi connectivity index (χ0) is 23.4. The normalized spacial score (nSPS) is 21.4. The Balaban J connectivity index is 1.71. The number of rotatable bonds is 3. The van der Waals surface area contributed by atoms with E-state index >= 15 is 0 Å². The fourth-order valence-corrected chi connectivity index (χ4v) is 4.67. The molecule has 0 aliphatic carbocycles. The molecule has 2 unspecified atom stereocenters. The van der Waals surface area contributed by atoms with Crippen molar-refractivity contribution < 1.29 is 23.8 Å². The molecule has 5 rings (SSSR count). The molecular weight excluding hydrogens is 418 g/mol. The standard InChI is InChI=1S/C27H25NO5/c1-14-6-5-7-20(17(14)4)28-24(22-10-8-15(2)32-22)23(26(30)27(28)31)25(29)18-9-11-21-19(13-18)12-16(3)33-21/h5-11,13,16,24,29H,12H2,1-4H3/b25-23-. The largest absolute Gasteiger partial charge is 0.507 e. The number of carbonyl (C=O) groups is 2. The maximum atomic E-state index is 13.3. The highest BCUT2D eigenvalue weighted by molar-refractivity contribution is 6.51. The topological polar surface area (TPSA) is 80.0 Å². The number of aliphatic hydroxyl groups is 1. The van der Waals surface area contributed by atoms with E-state index in [0.717, 1.165) is 22.4 Å². The number of Topliss-reactive ketones (excluding diaryl/α,β-unsaturated/α-hetero) is 1. The summed E-state index contributed by atoms with van der Waals surface area (Å²) in [7, 11) is 0. The van der Waals surface area contributed by atoms with Crippen molar-refractivity contribution in [3.8, 4) is 5.75 Å². The number of hydrogen-bond donors (Lipinski definition) is 1. The fraction of sp³-hybridized carbons (Fsp3) is 0.259. The fourth-order valence-electron chi connectivity index (χ4n) is 4.67. The van der Waals surface area contributed by atoms with Gasteiger partial charge >= 0.3 is 0 Å². The second-order valence-electron chi connectivity index (χ2n) is 8.79. The van der Waals surface area contributed by atoms with E-state index in [1.807, 2.05) is 45.0 Å². The average Bonchev–Trinajstić information content (AvgIpc) is 3.45. The van der Waals surface area contributed by atoms with Crippen molar-refractivity contribution in [1.82, 2.24) is 0 Å².